The number of oxazole rings is 1. The number of nitrogens with zero attached hydrogens (tertiary/aromatic N) is 1. The molecule has 0 bridgehead atoms. The van der Waals surface area contributed by atoms with Gasteiger partial charge >= 0.3 is 0 Å². The molecule has 112 valence electrons. The first-order valence-corrected chi connectivity index (χ1v) is 7.38. The van der Waals surface area contributed by atoms with Crippen LogP contribution in [0.2, 0.25) is 0 Å². The van der Waals surface area contributed by atoms with E-state index in [1.165, 1.54) is 0 Å². The van der Waals surface area contributed by atoms with Crippen LogP contribution in [0.15, 0.2) is 33.8 Å². The fourth-order valence-electron chi connectivity index (χ4n) is 2.17. The number of carbonyl (C=O) groups is 1. The summed E-state index contributed by atoms with van der Waals surface area (Å²) in [4.78, 5) is 15.3. The van der Waals surface area contributed by atoms with Crippen LogP contribution in [-0.4, -0.2) is 25.0 Å². The maximum Gasteiger partial charge on any atom is 0.199 e. The highest BCUT2D eigenvalue weighted by atomic mass is 32.1. The SMILES string of the molecule is CCC(CCOC)c1nc(-c2ccc(C=O)cc2)c(S)o1. The van der Waals surface area contributed by atoms with Crippen molar-refractivity contribution in [2.75, 3.05) is 13.7 Å². The Balaban J connectivity index is 2.26. The third kappa shape index (κ3) is 3.74. The molecule has 0 aliphatic heterocycles. The maximum absolute atomic E-state index is 10.7. The predicted octanol–water partition coefficient (Wildman–Crippen LogP) is 3.97. The van der Waals surface area contributed by atoms with Gasteiger partial charge in [-0.1, -0.05) is 31.2 Å². The lowest BCUT2D eigenvalue weighted by atomic mass is 10.0. The number of hydrogen-bond donors (Lipinski definition) is 1. The Morgan fingerprint density at radius 1 is 1.38 bits per heavy atom. The number of methoxy groups -OCH3 is 1. The van der Waals surface area contributed by atoms with Crippen molar-refractivity contribution in [3.8, 4) is 11.3 Å². The summed E-state index contributed by atoms with van der Waals surface area (Å²) in [5, 5.41) is 0.500. The molecule has 1 aromatic heterocycles. The van der Waals surface area contributed by atoms with Gasteiger partial charge in [0.2, 0.25) is 0 Å². The van der Waals surface area contributed by atoms with Crippen LogP contribution in [0, 0.1) is 0 Å². The highest BCUT2D eigenvalue weighted by Gasteiger charge is 2.19. The van der Waals surface area contributed by atoms with Crippen molar-refractivity contribution in [1.82, 2.24) is 4.98 Å². The Morgan fingerprint density at radius 3 is 2.67 bits per heavy atom. The molecule has 4 nitrogen and oxygen atoms in total. The van der Waals surface area contributed by atoms with Crippen molar-refractivity contribution in [2.24, 2.45) is 0 Å². The molecule has 0 N–H and O–H groups in total. The quantitative estimate of drug-likeness (QED) is 0.621. The molecule has 0 amide bonds. The lowest BCUT2D eigenvalue weighted by Crippen LogP contribution is -2.02. The van der Waals surface area contributed by atoms with E-state index in [0.717, 1.165) is 24.7 Å². The van der Waals surface area contributed by atoms with Crippen LogP contribution in [0.5, 0.6) is 0 Å². The Labute approximate surface area is 129 Å². The normalized spacial score (nSPS) is 12.3. The molecule has 2 rings (SSSR count). The van der Waals surface area contributed by atoms with Gasteiger partial charge in [-0.15, -0.1) is 12.6 Å². The molecular weight excluding hydrogens is 286 g/mol. The second kappa shape index (κ2) is 7.43. The van der Waals surface area contributed by atoms with Crippen LogP contribution in [0.1, 0.15) is 41.9 Å². The van der Waals surface area contributed by atoms with Crippen molar-refractivity contribution in [1.29, 1.82) is 0 Å². The van der Waals surface area contributed by atoms with Crippen molar-refractivity contribution in [3.05, 3.63) is 35.7 Å². The first-order valence-electron chi connectivity index (χ1n) is 6.93. The number of hydrogen-bond acceptors (Lipinski definition) is 5. The van der Waals surface area contributed by atoms with Crippen LogP contribution < -0.4 is 0 Å². The maximum atomic E-state index is 10.7. The van der Waals surface area contributed by atoms with Crippen LogP contribution in [0.25, 0.3) is 11.3 Å². The van der Waals surface area contributed by atoms with Crippen LogP contribution >= 0.6 is 12.6 Å². The van der Waals surface area contributed by atoms with Crippen molar-refractivity contribution in [3.63, 3.8) is 0 Å². The third-order valence-electron chi connectivity index (χ3n) is 3.46. The van der Waals surface area contributed by atoms with Gasteiger partial charge in [0.05, 0.1) is 0 Å². The Bertz CT molecular complexity index is 592. The summed E-state index contributed by atoms with van der Waals surface area (Å²) in [7, 11) is 1.69. The first-order chi connectivity index (χ1) is 10.2. The minimum Gasteiger partial charge on any atom is -0.434 e. The number of carbonyl (C=O) groups excluding carboxylic acids is 1. The fourth-order valence-corrected chi connectivity index (χ4v) is 2.45. The second-order valence-corrected chi connectivity index (χ2v) is 5.24. The average molecular weight is 305 g/mol. The molecule has 0 saturated carbocycles. The van der Waals surface area contributed by atoms with Crippen molar-refractivity contribution < 1.29 is 13.9 Å². The van der Waals surface area contributed by atoms with Crippen LogP contribution in [0.4, 0.5) is 0 Å². The average Bonchev–Trinajstić information content (AvgIpc) is 2.90. The summed E-state index contributed by atoms with van der Waals surface area (Å²) < 4.78 is 10.8. The lowest BCUT2D eigenvalue weighted by molar-refractivity contribution is 0.112. The van der Waals surface area contributed by atoms with Crippen molar-refractivity contribution in [2.45, 2.75) is 30.8 Å². The molecule has 5 heteroatoms. The molecule has 2 aromatic rings. The zero-order chi connectivity index (χ0) is 15.2. The zero-order valence-corrected chi connectivity index (χ0v) is 13.1. The van der Waals surface area contributed by atoms with Gasteiger partial charge < -0.3 is 9.15 Å². The molecule has 1 aromatic carbocycles. The molecule has 0 fully saturated rings. The molecule has 0 spiro atoms. The molecule has 0 aliphatic carbocycles. The summed E-state index contributed by atoms with van der Waals surface area (Å²) in [6, 6.07) is 7.21. The number of benzene rings is 1. The van der Waals surface area contributed by atoms with Crippen LogP contribution in [0.3, 0.4) is 0 Å². The standard InChI is InChI=1S/C16H19NO3S/c1-3-12(8-9-19-2)15-17-14(16(21)20-15)13-6-4-11(10-18)5-7-13/h4-7,10,12,21H,3,8-9H2,1-2H3. The smallest absolute Gasteiger partial charge is 0.199 e. The molecule has 21 heavy (non-hydrogen) atoms. The van der Waals surface area contributed by atoms with E-state index in [4.69, 9.17) is 9.15 Å². The second-order valence-electron chi connectivity index (χ2n) is 4.83. The fraction of sp³-hybridized carbons (Fsp3) is 0.375. The number of aromatic nitrogens is 1. The van der Waals surface area contributed by atoms with Gasteiger partial charge in [0.1, 0.15) is 12.0 Å². The van der Waals surface area contributed by atoms with E-state index in [9.17, 15) is 4.79 Å². The zero-order valence-electron chi connectivity index (χ0n) is 12.2. The van der Waals surface area contributed by atoms with E-state index in [0.29, 0.717) is 28.8 Å². The summed E-state index contributed by atoms with van der Waals surface area (Å²) in [6.45, 7) is 2.77. The Morgan fingerprint density at radius 2 is 2.10 bits per heavy atom. The van der Waals surface area contributed by atoms with Gasteiger partial charge in [-0.25, -0.2) is 4.98 Å². The van der Waals surface area contributed by atoms with E-state index >= 15 is 0 Å². The molecule has 1 unspecified atom stereocenters. The lowest BCUT2D eigenvalue weighted by Gasteiger charge is -2.09. The van der Waals surface area contributed by atoms with Gasteiger partial charge in [-0.2, -0.15) is 0 Å². The topological polar surface area (TPSA) is 52.3 Å². The van der Waals surface area contributed by atoms with Gasteiger partial charge in [0.25, 0.3) is 0 Å². The molecule has 0 aliphatic rings. The molecule has 0 radical (unpaired) electrons. The molecule has 1 heterocycles. The number of aldehydes is 1. The monoisotopic (exact) mass is 305 g/mol. The van der Waals surface area contributed by atoms with Crippen LogP contribution in [-0.2, 0) is 4.74 Å². The Hall–Kier alpha value is -1.59. The van der Waals surface area contributed by atoms with Crippen molar-refractivity contribution >= 4 is 18.9 Å². The van der Waals surface area contributed by atoms with E-state index in [1.54, 1.807) is 19.2 Å². The molecular formula is C16H19NO3S. The largest absolute Gasteiger partial charge is 0.434 e. The number of rotatable bonds is 7. The van der Waals surface area contributed by atoms with E-state index in [2.05, 4.69) is 24.5 Å². The van der Waals surface area contributed by atoms with Gasteiger partial charge in [0.15, 0.2) is 11.0 Å². The molecule has 1 atom stereocenters. The van der Waals surface area contributed by atoms with Gasteiger partial charge in [-0.3, -0.25) is 4.79 Å². The summed E-state index contributed by atoms with van der Waals surface area (Å²) in [5.41, 5.74) is 2.23. The number of ether oxygens (including phenoxy) is 1. The summed E-state index contributed by atoms with van der Waals surface area (Å²) in [6.07, 6.45) is 2.61. The summed E-state index contributed by atoms with van der Waals surface area (Å²) >= 11 is 4.37. The van der Waals surface area contributed by atoms with E-state index < -0.39 is 0 Å². The minimum atomic E-state index is 0.221. The minimum absolute atomic E-state index is 0.221. The van der Waals surface area contributed by atoms with Gasteiger partial charge in [-0.05, 0) is 12.8 Å². The van der Waals surface area contributed by atoms with Gasteiger partial charge in [0, 0.05) is 30.8 Å². The Kier molecular flexibility index (Phi) is 5.59. The number of thiol groups is 1. The highest BCUT2D eigenvalue weighted by Crippen LogP contribution is 2.32. The molecule has 0 saturated heterocycles. The van der Waals surface area contributed by atoms with E-state index in [1.807, 2.05) is 12.1 Å². The first kappa shape index (κ1) is 15.8. The summed E-state index contributed by atoms with van der Waals surface area (Å²) in [5.74, 6) is 0.910. The van der Waals surface area contributed by atoms with E-state index in [-0.39, 0.29) is 5.92 Å². The predicted molar refractivity (Wildman–Crippen MR) is 84.1 cm³/mol. The third-order valence-corrected chi connectivity index (χ3v) is 3.76. The highest BCUT2D eigenvalue weighted by molar-refractivity contribution is 7.80.